The van der Waals surface area contributed by atoms with Crippen LogP contribution >= 0.6 is 0 Å². The van der Waals surface area contributed by atoms with Gasteiger partial charge in [-0.25, -0.2) is 4.79 Å². The summed E-state index contributed by atoms with van der Waals surface area (Å²) in [6.45, 7) is 1.73. The van der Waals surface area contributed by atoms with Gasteiger partial charge in [-0.2, -0.15) is 0 Å². The lowest BCUT2D eigenvalue weighted by molar-refractivity contribution is -0.142. The van der Waals surface area contributed by atoms with Crippen LogP contribution in [0.3, 0.4) is 0 Å². The number of hydrogen-bond acceptors (Lipinski definition) is 4. The molecule has 0 aliphatic heterocycles. The zero-order valence-electron chi connectivity index (χ0n) is 17.1. The molecular weight excluding hydrogens is 378 g/mol. The first-order chi connectivity index (χ1) is 14.6. The molecule has 0 spiro atoms. The van der Waals surface area contributed by atoms with E-state index in [4.69, 9.17) is 4.74 Å². The first-order valence-corrected chi connectivity index (χ1v) is 9.77. The molecule has 0 bridgehead atoms. The molecule has 0 saturated carbocycles. The average molecular weight is 403 g/mol. The highest BCUT2D eigenvalue weighted by Crippen LogP contribution is 2.29. The van der Waals surface area contributed by atoms with Gasteiger partial charge in [-0.3, -0.25) is 4.79 Å². The summed E-state index contributed by atoms with van der Waals surface area (Å²) in [5.74, 6) is -0.00495. The molecule has 3 rings (SSSR count). The van der Waals surface area contributed by atoms with E-state index >= 15 is 0 Å². The monoisotopic (exact) mass is 403 g/mol. The van der Waals surface area contributed by atoms with Crippen LogP contribution in [-0.4, -0.2) is 25.6 Å². The minimum Gasteiger partial charge on any atom is -0.482 e. The molecule has 3 aromatic carbocycles. The van der Waals surface area contributed by atoms with Crippen LogP contribution in [0.1, 0.15) is 29.0 Å². The number of anilines is 1. The third-order valence-corrected chi connectivity index (χ3v) is 4.85. The summed E-state index contributed by atoms with van der Waals surface area (Å²) in [6, 6.07) is 25.3. The van der Waals surface area contributed by atoms with Gasteiger partial charge in [-0.05, 0) is 41.8 Å². The summed E-state index contributed by atoms with van der Waals surface area (Å²) in [4.78, 5) is 24.1. The lowest BCUT2D eigenvalue weighted by Gasteiger charge is -2.18. The summed E-state index contributed by atoms with van der Waals surface area (Å²) in [6.07, 6.45) is 0.327. The Bertz CT molecular complexity index is 947. The lowest BCUT2D eigenvalue weighted by Crippen LogP contribution is -2.17. The van der Waals surface area contributed by atoms with E-state index in [0.717, 1.165) is 16.7 Å². The molecule has 0 fully saturated rings. The standard InChI is InChI=1S/C25H25NO4/c1-18-15-21(30-17-25(28)29-2)13-14-23(18)26-24(27)16-22(19-9-5-3-6-10-19)20-11-7-4-8-12-20/h3-15,22H,16-17H2,1-2H3,(H,26,27). The second-order valence-electron chi connectivity index (χ2n) is 6.97. The molecular formula is C25H25NO4. The van der Waals surface area contributed by atoms with Crippen LogP contribution in [0.2, 0.25) is 0 Å². The minimum atomic E-state index is -0.446. The minimum absolute atomic E-state index is 0.0321. The van der Waals surface area contributed by atoms with Crippen LogP contribution in [0.15, 0.2) is 78.9 Å². The molecule has 3 aromatic rings. The van der Waals surface area contributed by atoms with Crippen molar-refractivity contribution in [3.8, 4) is 5.75 Å². The van der Waals surface area contributed by atoms with Crippen LogP contribution in [0.25, 0.3) is 0 Å². The first kappa shape index (κ1) is 21.1. The van der Waals surface area contributed by atoms with E-state index in [1.807, 2.05) is 67.6 Å². The fraction of sp³-hybridized carbons (Fsp3) is 0.200. The maximum atomic E-state index is 12.9. The van der Waals surface area contributed by atoms with Crippen LogP contribution in [-0.2, 0) is 14.3 Å². The van der Waals surface area contributed by atoms with Crippen molar-refractivity contribution in [3.63, 3.8) is 0 Å². The number of nitrogens with one attached hydrogen (secondary N) is 1. The van der Waals surface area contributed by atoms with Crippen molar-refractivity contribution >= 4 is 17.6 Å². The van der Waals surface area contributed by atoms with E-state index in [0.29, 0.717) is 17.9 Å². The Morgan fingerprint density at radius 2 is 1.50 bits per heavy atom. The molecule has 0 aliphatic carbocycles. The summed E-state index contributed by atoms with van der Waals surface area (Å²) in [5.41, 5.74) is 3.76. The molecule has 30 heavy (non-hydrogen) atoms. The number of ether oxygens (including phenoxy) is 2. The Balaban J connectivity index is 1.70. The van der Waals surface area contributed by atoms with E-state index in [2.05, 4.69) is 10.1 Å². The molecule has 5 heteroatoms. The highest BCUT2D eigenvalue weighted by atomic mass is 16.6. The predicted octanol–water partition coefficient (Wildman–Crippen LogP) is 4.71. The number of methoxy groups -OCH3 is 1. The molecule has 0 heterocycles. The number of esters is 1. The van der Waals surface area contributed by atoms with E-state index in [1.54, 1.807) is 18.2 Å². The topological polar surface area (TPSA) is 64.6 Å². The van der Waals surface area contributed by atoms with Crippen molar-refractivity contribution < 1.29 is 19.1 Å². The third-order valence-electron chi connectivity index (χ3n) is 4.85. The predicted molar refractivity (Wildman–Crippen MR) is 117 cm³/mol. The first-order valence-electron chi connectivity index (χ1n) is 9.77. The number of carbonyl (C=O) groups excluding carboxylic acids is 2. The number of aryl methyl sites for hydroxylation is 1. The van der Waals surface area contributed by atoms with Crippen LogP contribution in [0.5, 0.6) is 5.75 Å². The molecule has 0 radical (unpaired) electrons. The second kappa shape index (κ2) is 10.3. The smallest absolute Gasteiger partial charge is 0.343 e. The maximum Gasteiger partial charge on any atom is 0.343 e. The van der Waals surface area contributed by atoms with Crippen molar-refractivity contribution in [2.75, 3.05) is 19.0 Å². The van der Waals surface area contributed by atoms with Gasteiger partial charge >= 0.3 is 5.97 Å². The van der Waals surface area contributed by atoms with Crippen molar-refractivity contribution in [1.29, 1.82) is 0 Å². The Labute approximate surface area is 176 Å². The van der Waals surface area contributed by atoms with Crippen LogP contribution in [0, 0.1) is 6.92 Å². The van der Waals surface area contributed by atoms with E-state index in [1.165, 1.54) is 7.11 Å². The van der Waals surface area contributed by atoms with Gasteiger partial charge in [-0.15, -0.1) is 0 Å². The normalized spacial score (nSPS) is 10.5. The summed E-state index contributed by atoms with van der Waals surface area (Å²) < 4.78 is 9.96. The van der Waals surface area contributed by atoms with E-state index < -0.39 is 5.97 Å². The molecule has 0 atom stereocenters. The maximum absolute atomic E-state index is 12.9. The van der Waals surface area contributed by atoms with Gasteiger partial charge in [-0.1, -0.05) is 60.7 Å². The molecule has 0 unspecified atom stereocenters. The van der Waals surface area contributed by atoms with Crippen LogP contribution in [0.4, 0.5) is 5.69 Å². The molecule has 1 amide bonds. The van der Waals surface area contributed by atoms with Crippen molar-refractivity contribution in [2.45, 2.75) is 19.3 Å². The number of hydrogen-bond donors (Lipinski definition) is 1. The van der Waals surface area contributed by atoms with E-state index in [9.17, 15) is 9.59 Å². The average Bonchev–Trinajstić information content (AvgIpc) is 2.78. The number of benzene rings is 3. The Morgan fingerprint density at radius 3 is 2.03 bits per heavy atom. The third kappa shape index (κ3) is 5.70. The van der Waals surface area contributed by atoms with E-state index in [-0.39, 0.29) is 18.4 Å². The molecule has 0 aliphatic rings. The quantitative estimate of drug-likeness (QED) is 0.554. The molecule has 154 valence electrons. The van der Waals surface area contributed by atoms with Gasteiger partial charge in [0.05, 0.1) is 7.11 Å². The highest BCUT2D eigenvalue weighted by Gasteiger charge is 2.18. The van der Waals surface area contributed by atoms with Crippen molar-refractivity contribution in [2.24, 2.45) is 0 Å². The van der Waals surface area contributed by atoms with Crippen LogP contribution < -0.4 is 10.1 Å². The number of carbonyl (C=O) groups is 2. The summed E-state index contributed by atoms with van der Waals surface area (Å²) in [5, 5.41) is 3.00. The van der Waals surface area contributed by atoms with Gasteiger partial charge in [0.25, 0.3) is 0 Å². The van der Waals surface area contributed by atoms with Gasteiger partial charge in [0.2, 0.25) is 5.91 Å². The molecule has 5 nitrogen and oxygen atoms in total. The van der Waals surface area contributed by atoms with Crippen molar-refractivity contribution in [3.05, 3.63) is 95.6 Å². The lowest BCUT2D eigenvalue weighted by atomic mass is 9.88. The summed E-state index contributed by atoms with van der Waals surface area (Å²) in [7, 11) is 1.31. The zero-order chi connectivity index (χ0) is 21.3. The SMILES string of the molecule is COC(=O)COc1ccc(NC(=O)CC(c2ccccc2)c2ccccc2)c(C)c1. The van der Waals surface area contributed by atoms with Gasteiger partial charge in [0, 0.05) is 18.0 Å². The van der Waals surface area contributed by atoms with Crippen molar-refractivity contribution in [1.82, 2.24) is 0 Å². The zero-order valence-corrected chi connectivity index (χ0v) is 17.1. The Kier molecular flexibility index (Phi) is 7.22. The molecule has 1 N–H and O–H groups in total. The fourth-order valence-electron chi connectivity index (χ4n) is 3.25. The van der Waals surface area contributed by atoms with Gasteiger partial charge < -0.3 is 14.8 Å². The fourth-order valence-corrected chi connectivity index (χ4v) is 3.25. The largest absolute Gasteiger partial charge is 0.482 e. The Hall–Kier alpha value is -3.60. The molecule has 0 saturated heterocycles. The highest BCUT2D eigenvalue weighted by molar-refractivity contribution is 5.92. The number of amides is 1. The summed E-state index contributed by atoms with van der Waals surface area (Å²) >= 11 is 0. The van der Waals surface area contributed by atoms with Gasteiger partial charge in [0.1, 0.15) is 5.75 Å². The van der Waals surface area contributed by atoms with Gasteiger partial charge in [0.15, 0.2) is 6.61 Å². The Morgan fingerprint density at radius 1 is 0.900 bits per heavy atom. The number of rotatable bonds is 8. The molecule has 0 aromatic heterocycles. The second-order valence-corrected chi connectivity index (χ2v) is 6.97.